The molecule has 4 heteroatoms. The van der Waals surface area contributed by atoms with Crippen molar-refractivity contribution >= 4 is 11.6 Å². The molecule has 106 valence electrons. The molecule has 0 aromatic heterocycles. The summed E-state index contributed by atoms with van der Waals surface area (Å²) in [6.07, 6.45) is 6.64. The second kappa shape index (κ2) is 13.1. The first-order valence-electron chi connectivity index (χ1n) is 6.67. The molecule has 0 fully saturated rings. The van der Waals surface area contributed by atoms with Gasteiger partial charge in [-0.05, 0) is 31.8 Å². The van der Waals surface area contributed by atoms with E-state index < -0.39 is 0 Å². The summed E-state index contributed by atoms with van der Waals surface area (Å²) in [7, 11) is 0. The number of hydrogen-bond donors (Lipinski definition) is 1. The van der Waals surface area contributed by atoms with Gasteiger partial charge in [0.1, 0.15) is 0 Å². The summed E-state index contributed by atoms with van der Waals surface area (Å²) in [5.41, 5.74) is 4.63. The lowest BCUT2D eigenvalue weighted by Gasteiger charge is -2.07. The van der Waals surface area contributed by atoms with Crippen LogP contribution in [0.2, 0.25) is 0 Å². The van der Waals surface area contributed by atoms with Gasteiger partial charge in [0.15, 0.2) is 0 Å². The lowest BCUT2D eigenvalue weighted by Crippen LogP contribution is -2.50. The first-order chi connectivity index (χ1) is 8.72. The molecule has 0 aliphatic heterocycles. The zero-order valence-electron chi connectivity index (χ0n) is 11.5. The molecule has 0 aromatic carbocycles. The van der Waals surface area contributed by atoms with Gasteiger partial charge in [0.05, 0.1) is 26.4 Å². The molecule has 0 aromatic rings. The van der Waals surface area contributed by atoms with Crippen molar-refractivity contribution in [2.45, 2.75) is 32.6 Å². The molecule has 0 saturated carbocycles. The predicted molar refractivity (Wildman–Crippen MR) is 76.6 cm³/mol. The van der Waals surface area contributed by atoms with Crippen LogP contribution in [0.5, 0.6) is 0 Å². The molecular weight excluding hydrogens is 250 g/mol. The molecule has 0 aliphatic rings. The molecule has 0 aliphatic carbocycles. The van der Waals surface area contributed by atoms with Crippen LogP contribution < -0.4 is 5.73 Å². The van der Waals surface area contributed by atoms with Gasteiger partial charge in [-0.2, -0.15) is 0 Å². The van der Waals surface area contributed by atoms with Crippen molar-refractivity contribution < 1.29 is 15.2 Å². The number of hydrogen-bond acceptors (Lipinski definition) is 2. The second-order valence-electron chi connectivity index (χ2n) is 4.17. The molecule has 18 heavy (non-hydrogen) atoms. The lowest BCUT2D eigenvalue weighted by molar-refractivity contribution is -0.368. The average molecular weight is 277 g/mol. The monoisotopic (exact) mass is 276 g/mol. The van der Waals surface area contributed by atoms with Crippen molar-refractivity contribution in [1.82, 2.24) is 0 Å². The SMILES string of the molecule is C=C(COCCOCCCCCC[NH3+])C(Cl)=CC. The maximum atomic E-state index is 5.88. The molecule has 0 atom stereocenters. The van der Waals surface area contributed by atoms with Gasteiger partial charge in [-0.1, -0.05) is 30.7 Å². The Morgan fingerprint density at radius 2 is 1.78 bits per heavy atom. The Kier molecular flexibility index (Phi) is 12.8. The molecular formula is C14H27ClNO2+. The molecule has 3 nitrogen and oxygen atoms in total. The van der Waals surface area contributed by atoms with Gasteiger partial charge in [0.25, 0.3) is 0 Å². The predicted octanol–water partition coefficient (Wildman–Crippen LogP) is 2.52. The maximum Gasteiger partial charge on any atom is 0.0739 e. The molecule has 0 radical (unpaired) electrons. The summed E-state index contributed by atoms with van der Waals surface area (Å²) >= 11 is 5.88. The standard InChI is InChI=1S/C14H26ClNO2/c1-3-14(15)13(2)12-18-11-10-17-9-7-5-4-6-8-16/h3H,2,4-12,16H2,1H3/p+1. The minimum absolute atomic E-state index is 0.468. The number of rotatable bonds is 12. The van der Waals surface area contributed by atoms with Gasteiger partial charge >= 0.3 is 0 Å². The molecule has 0 bridgehead atoms. The van der Waals surface area contributed by atoms with Crippen LogP contribution in [0.1, 0.15) is 32.6 Å². The van der Waals surface area contributed by atoms with Gasteiger partial charge in [-0.25, -0.2) is 0 Å². The first-order valence-corrected chi connectivity index (χ1v) is 7.04. The Morgan fingerprint density at radius 1 is 1.11 bits per heavy atom. The van der Waals surface area contributed by atoms with Crippen LogP contribution in [0.25, 0.3) is 0 Å². The number of halogens is 1. The molecule has 0 amide bonds. The zero-order valence-corrected chi connectivity index (χ0v) is 12.3. The van der Waals surface area contributed by atoms with E-state index in [4.69, 9.17) is 21.1 Å². The van der Waals surface area contributed by atoms with Gasteiger partial charge < -0.3 is 15.2 Å². The van der Waals surface area contributed by atoms with Gasteiger partial charge in [0, 0.05) is 11.6 Å². The molecule has 0 saturated heterocycles. The number of ether oxygens (including phenoxy) is 2. The fraction of sp³-hybridized carbons (Fsp3) is 0.714. The Balaban J connectivity index is 3.19. The summed E-state index contributed by atoms with van der Waals surface area (Å²) in [6.45, 7) is 9.25. The van der Waals surface area contributed by atoms with E-state index in [9.17, 15) is 0 Å². The second-order valence-corrected chi connectivity index (χ2v) is 4.58. The van der Waals surface area contributed by atoms with E-state index in [0.717, 1.165) is 25.1 Å². The smallest absolute Gasteiger partial charge is 0.0739 e. The highest BCUT2D eigenvalue weighted by atomic mass is 35.5. The normalized spacial score (nSPS) is 11.8. The van der Waals surface area contributed by atoms with E-state index >= 15 is 0 Å². The van der Waals surface area contributed by atoms with Crippen molar-refractivity contribution in [2.75, 3.05) is 33.0 Å². The van der Waals surface area contributed by atoms with Crippen molar-refractivity contribution in [3.05, 3.63) is 23.3 Å². The minimum atomic E-state index is 0.468. The van der Waals surface area contributed by atoms with Crippen molar-refractivity contribution in [3.8, 4) is 0 Å². The van der Waals surface area contributed by atoms with Gasteiger partial charge in [0.2, 0.25) is 0 Å². The van der Waals surface area contributed by atoms with Crippen molar-refractivity contribution in [3.63, 3.8) is 0 Å². The summed E-state index contributed by atoms with van der Waals surface area (Å²) < 4.78 is 10.9. The first kappa shape index (κ1) is 17.6. The third-order valence-electron chi connectivity index (χ3n) is 2.53. The largest absolute Gasteiger partial charge is 0.379 e. The third kappa shape index (κ3) is 10.8. The maximum absolute atomic E-state index is 5.88. The fourth-order valence-corrected chi connectivity index (χ4v) is 1.48. The molecule has 0 unspecified atom stereocenters. The van der Waals surface area contributed by atoms with E-state index in [-0.39, 0.29) is 0 Å². The van der Waals surface area contributed by atoms with Crippen LogP contribution >= 0.6 is 11.6 Å². The Bertz CT molecular complexity index is 242. The summed E-state index contributed by atoms with van der Waals surface area (Å²) in [4.78, 5) is 0. The molecule has 0 heterocycles. The van der Waals surface area contributed by atoms with Gasteiger partial charge in [-0.15, -0.1) is 0 Å². The van der Waals surface area contributed by atoms with Crippen LogP contribution in [0.3, 0.4) is 0 Å². The number of unbranched alkanes of at least 4 members (excludes halogenated alkanes) is 3. The van der Waals surface area contributed by atoms with Crippen LogP contribution in [0, 0.1) is 0 Å². The van der Waals surface area contributed by atoms with Crippen LogP contribution in [-0.4, -0.2) is 33.0 Å². The van der Waals surface area contributed by atoms with E-state index in [1.807, 2.05) is 13.0 Å². The fourth-order valence-electron chi connectivity index (χ4n) is 1.42. The van der Waals surface area contributed by atoms with Crippen LogP contribution in [0.4, 0.5) is 0 Å². The summed E-state index contributed by atoms with van der Waals surface area (Å²) in [5.74, 6) is 0. The van der Waals surface area contributed by atoms with Crippen LogP contribution in [0.15, 0.2) is 23.3 Å². The quantitative estimate of drug-likeness (QED) is 0.440. The highest BCUT2D eigenvalue weighted by Gasteiger charge is 1.98. The average Bonchev–Trinajstić information content (AvgIpc) is 2.39. The Labute approximate surface area is 116 Å². The Morgan fingerprint density at radius 3 is 2.44 bits per heavy atom. The number of allylic oxidation sites excluding steroid dienone is 1. The van der Waals surface area contributed by atoms with Gasteiger partial charge in [-0.3, -0.25) is 0 Å². The highest BCUT2D eigenvalue weighted by molar-refractivity contribution is 6.31. The topological polar surface area (TPSA) is 46.1 Å². The van der Waals surface area contributed by atoms with Crippen LogP contribution in [-0.2, 0) is 9.47 Å². The van der Waals surface area contributed by atoms with E-state index in [1.165, 1.54) is 19.3 Å². The van der Waals surface area contributed by atoms with E-state index in [1.54, 1.807) is 0 Å². The molecule has 0 rings (SSSR count). The van der Waals surface area contributed by atoms with E-state index in [0.29, 0.717) is 24.9 Å². The minimum Gasteiger partial charge on any atom is -0.379 e. The summed E-state index contributed by atoms with van der Waals surface area (Å²) in [6, 6.07) is 0. The van der Waals surface area contributed by atoms with E-state index in [2.05, 4.69) is 12.3 Å². The number of quaternary nitrogens is 1. The van der Waals surface area contributed by atoms with Crippen molar-refractivity contribution in [1.29, 1.82) is 0 Å². The zero-order chi connectivity index (χ0) is 13.6. The third-order valence-corrected chi connectivity index (χ3v) is 3.01. The highest BCUT2D eigenvalue weighted by Crippen LogP contribution is 2.12. The van der Waals surface area contributed by atoms with Crippen molar-refractivity contribution in [2.24, 2.45) is 0 Å². The Hall–Kier alpha value is -0.350. The summed E-state index contributed by atoms with van der Waals surface area (Å²) in [5, 5.41) is 0.668. The molecule has 3 N–H and O–H groups in total. The lowest BCUT2D eigenvalue weighted by atomic mass is 10.2. The molecule has 0 spiro atoms.